The highest BCUT2D eigenvalue weighted by Gasteiger charge is 2.32. The van der Waals surface area contributed by atoms with Gasteiger partial charge in [-0.3, -0.25) is 4.98 Å². The zero-order valence-electron chi connectivity index (χ0n) is 16.7. The highest BCUT2D eigenvalue weighted by molar-refractivity contribution is 7.93. The number of pyridine rings is 1. The van der Waals surface area contributed by atoms with Gasteiger partial charge in [-0.05, 0) is 60.2 Å². The Morgan fingerprint density at radius 2 is 1.87 bits per heavy atom. The molecule has 0 fully saturated rings. The number of rotatable bonds is 8. The van der Waals surface area contributed by atoms with E-state index in [1.165, 1.54) is 31.6 Å². The number of methoxy groups -OCH3 is 1. The van der Waals surface area contributed by atoms with Crippen molar-refractivity contribution in [3.8, 4) is 5.75 Å². The zero-order valence-corrected chi connectivity index (χ0v) is 19.1. The highest BCUT2D eigenvalue weighted by Crippen LogP contribution is 2.32. The van der Waals surface area contributed by atoms with Gasteiger partial charge in [0.15, 0.2) is 9.84 Å². The smallest absolute Gasteiger partial charge is 0.240 e. The summed E-state index contributed by atoms with van der Waals surface area (Å²) in [6, 6.07) is 9.56. The Labute approximate surface area is 180 Å². The van der Waals surface area contributed by atoms with Crippen LogP contribution in [0.4, 0.5) is 0 Å². The van der Waals surface area contributed by atoms with Gasteiger partial charge in [-0.2, -0.15) is 0 Å². The van der Waals surface area contributed by atoms with Crippen molar-refractivity contribution in [3.63, 3.8) is 0 Å². The lowest BCUT2D eigenvalue weighted by atomic mass is 10.1. The van der Waals surface area contributed by atoms with E-state index in [1.807, 2.05) is 0 Å². The summed E-state index contributed by atoms with van der Waals surface area (Å²) in [5.41, 5.74) is 1.58. The molecule has 2 aromatic heterocycles. The molecule has 1 atom stereocenters. The van der Waals surface area contributed by atoms with Crippen molar-refractivity contribution in [2.45, 2.75) is 28.2 Å². The molecule has 1 unspecified atom stereocenters. The predicted octanol–water partition coefficient (Wildman–Crippen LogP) is 3.26. The minimum Gasteiger partial charge on any atom is -0.496 e. The van der Waals surface area contributed by atoms with E-state index >= 15 is 0 Å². The highest BCUT2D eigenvalue weighted by atomic mass is 32.2. The fraction of sp³-hybridized carbons (Fsp3) is 0.250. The van der Waals surface area contributed by atoms with Gasteiger partial charge in [-0.1, -0.05) is 12.1 Å². The van der Waals surface area contributed by atoms with Gasteiger partial charge in [0.1, 0.15) is 15.2 Å². The first-order valence-corrected chi connectivity index (χ1v) is 12.9. The molecule has 0 aliphatic rings. The Morgan fingerprint density at radius 3 is 2.47 bits per heavy atom. The Morgan fingerprint density at radius 1 is 1.10 bits per heavy atom. The lowest BCUT2D eigenvalue weighted by Crippen LogP contribution is -2.32. The molecule has 0 spiro atoms. The number of ether oxygens (including phenoxy) is 1. The number of hydrogen-bond donors (Lipinski definition) is 1. The van der Waals surface area contributed by atoms with Crippen LogP contribution in [0.5, 0.6) is 5.75 Å². The topological polar surface area (TPSA) is 102 Å². The van der Waals surface area contributed by atoms with Crippen molar-refractivity contribution in [2.24, 2.45) is 0 Å². The van der Waals surface area contributed by atoms with Crippen LogP contribution in [0.15, 0.2) is 63.3 Å². The van der Waals surface area contributed by atoms with Crippen LogP contribution in [0, 0.1) is 13.8 Å². The molecule has 0 aliphatic carbocycles. The van der Waals surface area contributed by atoms with Gasteiger partial charge in [0, 0.05) is 18.9 Å². The number of nitrogens with zero attached hydrogens (tertiary/aromatic N) is 1. The molecule has 10 heteroatoms. The maximum absolute atomic E-state index is 13.2. The molecule has 0 saturated heterocycles. The molecule has 1 N–H and O–H groups in total. The van der Waals surface area contributed by atoms with Gasteiger partial charge in [0.2, 0.25) is 10.0 Å². The van der Waals surface area contributed by atoms with E-state index in [0.29, 0.717) is 22.4 Å². The van der Waals surface area contributed by atoms with Gasteiger partial charge in [-0.15, -0.1) is 11.3 Å². The van der Waals surface area contributed by atoms with Crippen LogP contribution in [0.25, 0.3) is 0 Å². The van der Waals surface area contributed by atoms with Gasteiger partial charge >= 0.3 is 0 Å². The number of sulfonamides is 1. The van der Waals surface area contributed by atoms with Gasteiger partial charge in [0.25, 0.3) is 0 Å². The molecule has 7 nitrogen and oxygen atoms in total. The molecule has 2 heterocycles. The minimum absolute atomic E-state index is 0.0826. The van der Waals surface area contributed by atoms with Crippen LogP contribution in [-0.2, 0) is 19.9 Å². The van der Waals surface area contributed by atoms with E-state index in [1.54, 1.807) is 43.5 Å². The second-order valence-electron chi connectivity index (χ2n) is 6.69. The van der Waals surface area contributed by atoms with E-state index in [2.05, 4.69) is 9.71 Å². The fourth-order valence-electron chi connectivity index (χ4n) is 3.07. The maximum atomic E-state index is 13.2. The second kappa shape index (κ2) is 8.84. The first-order chi connectivity index (χ1) is 14.2. The summed E-state index contributed by atoms with van der Waals surface area (Å²) in [7, 11) is -6.25. The number of benzene rings is 1. The van der Waals surface area contributed by atoms with E-state index in [4.69, 9.17) is 4.74 Å². The van der Waals surface area contributed by atoms with Crippen LogP contribution < -0.4 is 9.46 Å². The molecule has 0 aliphatic heterocycles. The minimum atomic E-state index is -3.96. The summed E-state index contributed by atoms with van der Waals surface area (Å²) in [6.07, 6.45) is 2.97. The lowest BCUT2D eigenvalue weighted by Gasteiger charge is -2.19. The number of sulfone groups is 1. The Bertz CT molecular complexity index is 1220. The molecular formula is C20H22N2O5S3. The monoisotopic (exact) mass is 466 g/mol. The van der Waals surface area contributed by atoms with E-state index in [-0.39, 0.29) is 15.6 Å². The van der Waals surface area contributed by atoms with Crippen molar-refractivity contribution < 1.29 is 21.6 Å². The molecule has 0 radical (unpaired) electrons. The molecule has 3 rings (SSSR count). The molecule has 160 valence electrons. The van der Waals surface area contributed by atoms with Crippen molar-refractivity contribution in [3.05, 3.63) is 70.9 Å². The Hall–Kier alpha value is -2.27. The molecule has 30 heavy (non-hydrogen) atoms. The summed E-state index contributed by atoms with van der Waals surface area (Å²) < 4.78 is 60.2. The first kappa shape index (κ1) is 22.4. The quantitative estimate of drug-likeness (QED) is 0.547. The third-order valence-corrected chi connectivity index (χ3v) is 9.74. The number of aromatic nitrogens is 1. The van der Waals surface area contributed by atoms with Crippen LogP contribution in [0.3, 0.4) is 0 Å². The third-order valence-electron chi connectivity index (χ3n) is 4.65. The van der Waals surface area contributed by atoms with Crippen molar-refractivity contribution in [1.29, 1.82) is 0 Å². The average Bonchev–Trinajstić information content (AvgIpc) is 3.26. The van der Waals surface area contributed by atoms with E-state index < -0.39 is 25.1 Å². The van der Waals surface area contributed by atoms with Crippen LogP contribution >= 0.6 is 11.3 Å². The Kier molecular flexibility index (Phi) is 6.61. The maximum Gasteiger partial charge on any atom is 0.240 e. The third kappa shape index (κ3) is 4.56. The molecule has 3 aromatic rings. The largest absolute Gasteiger partial charge is 0.496 e. The van der Waals surface area contributed by atoms with E-state index in [0.717, 1.165) is 11.3 Å². The number of nitrogens with one attached hydrogen (secondary N) is 1. The first-order valence-electron chi connectivity index (χ1n) is 8.99. The lowest BCUT2D eigenvalue weighted by molar-refractivity contribution is 0.411. The summed E-state index contributed by atoms with van der Waals surface area (Å²) in [5.74, 6) is 0.583. The average molecular weight is 467 g/mol. The molecule has 1 aromatic carbocycles. The number of thiophene rings is 1. The van der Waals surface area contributed by atoms with Gasteiger partial charge in [0.05, 0.1) is 12.0 Å². The van der Waals surface area contributed by atoms with Crippen molar-refractivity contribution in [2.75, 3.05) is 13.7 Å². The summed E-state index contributed by atoms with van der Waals surface area (Å²) in [4.78, 5) is 4.08. The fourth-order valence-corrected chi connectivity index (χ4v) is 7.39. The number of aryl methyl sites for hydroxylation is 2. The van der Waals surface area contributed by atoms with Gasteiger partial charge in [-0.25, -0.2) is 21.6 Å². The van der Waals surface area contributed by atoms with Crippen LogP contribution in [0.2, 0.25) is 0 Å². The van der Waals surface area contributed by atoms with Gasteiger partial charge < -0.3 is 4.74 Å². The summed E-state index contributed by atoms with van der Waals surface area (Å²) in [6.45, 7) is 3.09. The second-order valence-corrected chi connectivity index (χ2v) is 11.7. The molecular weight excluding hydrogens is 444 g/mol. The van der Waals surface area contributed by atoms with E-state index in [9.17, 15) is 16.8 Å². The standard InChI is InChI=1S/C20H22N2O5S3/c1-14-11-18(15(2)10-17(14)27-3)30(25,26)22-13-19(16-6-4-8-21-12-16)29(23,24)20-7-5-9-28-20/h4-12,19,22H,13H2,1-3H3. The number of hydrogen-bond acceptors (Lipinski definition) is 7. The SMILES string of the molecule is COc1cc(C)c(S(=O)(=O)NCC(c2cccnc2)S(=O)(=O)c2cccs2)cc1C. The Balaban J connectivity index is 1.96. The van der Waals surface area contributed by atoms with Crippen molar-refractivity contribution in [1.82, 2.24) is 9.71 Å². The normalized spacial score (nSPS) is 13.2. The molecule has 0 bridgehead atoms. The van der Waals surface area contributed by atoms with Crippen molar-refractivity contribution >= 4 is 31.2 Å². The zero-order chi connectivity index (χ0) is 21.9. The summed E-state index contributed by atoms with van der Waals surface area (Å²) in [5, 5.41) is 0.556. The molecule has 0 amide bonds. The molecule has 0 saturated carbocycles. The summed E-state index contributed by atoms with van der Waals surface area (Å²) >= 11 is 1.09. The van der Waals surface area contributed by atoms with Crippen LogP contribution in [-0.4, -0.2) is 35.5 Å². The van der Waals surface area contributed by atoms with Crippen LogP contribution in [0.1, 0.15) is 21.9 Å². The predicted molar refractivity (Wildman–Crippen MR) is 116 cm³/mol.